The molecular weight excluding hydrogens is 264 g/mol. The van der Waals surface area contributed by atoms with E-state index in [1.54, 1.807) is 0 Å². The van der Waals surface area contributed by atoms with E-state index in [2.05, 4.69) is 50.9 Å². The van der Waals surface area contributed by atoms with Crippen LogP contribution in [-0.2, 0) is 13.1 Å². The molecule has 1 aliphatic rings. The molecule has 2 nitrogen and oxygen atoms in total. The number of hydrogen-bond donors (Lipinski definition) is 1. The molecule has 1 saturated heterocycles. The highest BCUT2D eigenvalue weighted by Crippen LogP contribution is 2.27. The summed E-state index contributed by atoms with van der Waals surface area (Å²) in [7, 11) is 0. The van der Waals surface area contributed by atoms with Gasteiger partial charge in [0.25, 0.3) is 0 Å². The maximum Gasteiger partial charge on any atom is 0.0302 e. The summed E-state index contributed by atoms with van der Waals surface area (Å²) in [6.07, 6.45) is 1.35. The van der Waals surface area contributed by atoms with Gasteiger partial charge in [0.2, 0.25) is 0 Å². The van der Waals surface area contributed by atoms with E-state index in [-0.39, 0.29) is 0 Å². The molecule has 0 radical (unpaired) electrons. The minimum Gasteiger partial charge on any atom is -0.310 e. The van der Waals surface area contributed by atoms with Gasteiger partial charge in [-0.1, -0.05) is 27.7 Å². The van der Waals surface area contributed by atoms with Gasteiger partial charge in [0, 0.05) is 35.4 Å². The molecule has 0 aliphatic carbocycles. The number of hydrogen-bond acceptors (Lipinski definition) is 3. The first-order valence-electron chi connectivity index (χ1n) is 7.99. The highest BCUT2D eigenvalue weighted by molar-refractivity contribution is 7.12. The zero-order valence-electron chi connectivity index (χ0n) is 13.7. The molecule has 114 valence electrons. The number of rotatable bonds is 5. The van der Waals surface area contributed by atoms with Crippen molar-refractivity contribution in [1.82, 2.24) is 10.2 Å². The zero-order chi connectivity index (χ0) is 14.7. The first kappa shape index (κ1) is 16.0. The van der Waals surface area contributed by atoms with Crippen LogP contribution < -0.4 is 5.32 Å². The first-order valence-corrected chi connectivity index (χ1v) is 8.81. The van der Waals surface area contributed by atoms with Crippen molar-refractivity contribution < 1.29 is 0 Å². The van der Waals surface area contributed by atoms with Crippen molar-refractivity contribution in [2.75, 3.05) is 13.1 Å². The Bertz CT molecular complexity index is 425. The second-order valence-electron chi connectivity index (χ2n) is 6.81. The Morgan fingerprint density at radius 2 is 2.10 bits per heavy atom. The van der Waals surface area contributed by atoms with Crippen molar-refractivity contribution in [2.45, 2.75) is 60.2 Å². The standard InChI is InChI=1S/C17H30N2S/c1-12(2)18-9-17-8-16(15(5)20-17)11-19-7-6-13(3)14(4)10-19/h8,12-14,18H,6-7,9-11H2,1-5H3. The Morgan fingerprint density at radius 3 is 2.75 bits per heavy atom. The smallest absolute Gasteiger partial charge is 0.0302 e. The molecule has 2 heterocycles. The minimum absolute atomic E-state index is 0.560. The number of nitrogens with zero attached hydrogens (tertiary/aromatic N) is 1. The van der Waals surface area contributed by atoms with Crippen LogP contribution in [0.3, 0.4) is 0 Å². The molecule has 0 saturated carbocycles. The van der Waals surface area contributed by atoms with Crippen molar-refractivity contribution in [1.29, 1.82) is 0 Å². The average Bonchev–Trinajstić information content (AvgIpc) is 2.72. The molecule has 1 fully saturated rings. The van der Waals surface area contributed by atoms with Gasteiger partial charge >= 0.3 is 0 Å². The van der Waals surface area contributed by atoms with Crippen LogP contribution in [0.1, 0.15) is 49.4 Å². The van der Waals surface area contributed by atoms with Crippen LogP contribution in [-0.4, -0.2) is 24.0 Å². The minimum atomic E-state index is 0.560. The van der Waals surface area contributed by atoms with Crippen molar-refractivity contribution in [3.63, 3.8) is 0 Å². The largest absolute Gasteiger partial charge is 0.310 e. The molecule has 2 unspecified atom stereocenters. The van der Waals surface area contributed by atoms with Gasteiger partial charge in [-0.2, -0.15) is 0 Å². The van der Waals surface area contributed by atoms with Gasteiger partial charge in [-0.25, -0.2) is 0 Å². The van der Waals surface area contributed by atoms with Crippen molar-refractivity contribution in [2.24, 2.45) is 11.8 Å². The van der Waals surface area contributed by atoms with Crippen molar-refractivity contribution in [3.05, 3.63) is 21.4 Å². The number of thiophene rings is 1. The maximum atomic E-state index is 3.52. The summed E-state index contributed by atoms with van der Waals surface area (Å²) in [5.74, 6) is 1.73. The summed E-state index contributed by atoms with van der Waals surface area (Å²) in [5, 5.41) is 3.52. The predicted octanol–water partition coefficient (Wildman–Crippen LogP) is 4.03. The lowest BCUT2D eigenvalue weighted by Crippen LogP contribution is -2.37. The summed E-state index contributed by atoms with van der Waals surface area (Å²) >= 11 is 1.96. The van der Waals surface area contributed by atoms with E-state index in [9.17, 15) is 0 Å². The van der Waals surface area contributed by atoms with Crippen LogP contribution in [0.15, 0.2) is 6.07 Å². The molecule has 1 N–H and O–H groups in total. The van der Waals surface area contributed by atoms with Gasteiger partial charge in [0.05, 0.1) is 0 Å². The van der Waals surface area contributed by atoms with Crippen LogP contribution in [0.25, 0.3) is 0 Å². The Hall–Kier alpha value is -0.380. The summed E-state index contributed by atoms with van der Waals surface area (Å²) in [5.41, 5.74) is 1.54. The van der Waals surface area contributed by atoms with Gasteiger partial charge in [-0.15, -0.1) is 11.3 Å². The van der Waals surface area contributed by atoms with E-state index in [1.807, 2.05) is 11.3 Å². The molecule has 1 aromatic rings. The molecule has 0 bridgehead atoms. The molecule has 1 aliphatic heterocycles. The summed E-state index contributed by atoms with van der Waals surface area (Å²) in [6, 6.07) is 2.98. The van der Waals surface area contributed by atoms with Crippen LogP contribution in [0.2, 0.25) is 0 Å². The summed E-state index contributed by atoms with van der Waals surface area (Å²) < 4.78 is 0. The third-order valence-corrected chi connectivity index (χ3v) is 5.66. The monoisotopic (exact) mass is 294 g/mol. The van der Waals surface area contributed by atoms with E-state index < -0.39 is 0 Å². The third-order valence-electron chi connectivity index (χ3n) is 4.57. The third kappa shape index (κ3) is 4.31. The fraction of sp³-hybridized carbons (Fsp3) is 0.765. The lowest BCUT2D eigenvalue weighted by atomic mass is 9.88. The molecule has 1 aromatic heterocycles. The van der Waals surface area contributed by atoms with E-state index in [1.165, 1.54) is 34.8 Å². The zero-order valence-corrected chi connectivity index (χ0v) is 14.5. The molecule has 0 aromatic carbocycles. The number of aryl methyl sites for hydroxylation is 1. The fourth-order valence-corrected chi connectivity index (χ4v) is 3.87. The SMILES string of the molecule is Cc1sc(CNC(C)C)cc1CN1CCC(C)C(C)C1. The van der Waals surface area contributed by atoms with Crippen LogP contribution in [0.5, 0.6) is 0 Å². The lowest BCUT2D eigenvalue weighted by molar-refractivity contribution is 0.132. The van der Waals surface area contributed by atoms with Crippen LogP contribution in [0.4, 0.5) is 0 Å². The summed E-state index contributed by atoms with van der Waals surface area (Å²) in [4.78, 5) is 5.61. The van der Waals surface area contributed by atoms with E-state index in [4.69, 9.17) is 0 Å². The highest BCUT2D eigenvalue weighted by Gasteiger charge is 2.23. The van der Waals surface area contributed by atoms with Crippen LogP contribution >= 0.6 is 11.3 Å². The van der Waals surface area contributed by atoms with Gasteiger partial charge in [0.1, 0.15) is 0 Å². The Morgan fingerprint density at radius 1 is 1.35 bits per heavy atom. The van der Waals surface area contributed by atoms with E-state index >= 15 is 0 Å². The van der Waals surface area contributed by atoms with E-state index in [0.717, 1.165) is 24.9 Å². The number of likely N-dealkylation sites (tertiary alicyclic amines) is 1. The van der Waals surface area contributed by atoms with E-state index in [0.29, 0.717) is 6.04 Å². The molecule has 20 heavy (non-hydrogen) atoms. The van der Waals surface area contributed by atoms with Gasteiger partial charge in [-0.3, -0.25) is 4.90 Å². The molecular formula is C17H30N2S. The second kappa shape index (κ2) is 7.06. The van der Waals surface area contributed by atoms with Crippen molar-refractivity contribution in [3.8, 4) is 0 Å². The quantitative estimate of drug-likeness (QED) is 0.882. The Kier molecular flexibility index (Phi) is 5.65. The first-order chi connectivity index (χ1) is 9.45. The fourth-order valence-electron chi connectivity index (χ4n) is 2.87. The molecule has 2 atom stereocenters. The predicted molar refractivity (Wildman–Crippen MR) is 89.3 cm³/mol. The highest BCUT2D eigenvalue weighted by atomic mass is 32.1. The molecule has 3 heteroatoms. The normalized spacial score (nSPS) is 24.5. The Balaban J connectivity index is 1.92. The second-order valence-corrected chi connectivity index (χ2v) is 8.15. The topological polar surface area (TPSA) is 15.3 Å². The maximum absolute atomic E-state index is 3.52. The van der Waals surface area contributed by atoms with Gasteiger partial charge < -0.3 is 5.32 Å². The van der Waals surface area contributed by atoms with Crippen LogP contribution in [0, 0.1) is 18.8 Å². The van der Waals surface area contributed by atoms with Gasteiger partial charge in [0.15, 0.2) is 0 Å². The van der Waals surface area contributed by atoms with Gasteiger partial charge in [-0.05, 0) is 43.4 Å². The molecule has 2 rings (SSSR count). The number of piperidine rings is 1. The molecule has 0 amide bonds. The molecule has 0 spiro atoms. The lowest BCUT2D eigenvalue weighted by Gasteiger charge is -2.35. The van der Waals surface area contributed by atoms with Crippen molar-refractivity contribution >= 4 is 11.3 Å². The average molecular weight is 295 g/mol. The summed E-state index contributed by atoms with van der Waals surface area (Å²) in [6.45, 7) is 16.2. The Labute approximate surface area is 128 Å². The number of nitrogens with one attached hydrogen (secondary N) is 1.